The van der Waals surface area contributed by atoms with Crippen LogP contribution in [-0.2, 0) is 4.79 Å². The molecule has 0 spiro atoms. The van der Waals surface area contributed by atoms with Gasteiger partial charge >= 0.3 is 0 Å². The smallest absolute Gasteiger partial charge is 0.236 e. The van der Waals surface area contributed by atoms with Crippen LogP contribution >= 0.6 is 0 Å². The van der Waals surface area contributed by atoms with E-state index in [1.54, 1.807) is 0 Å². The number of hydrogen-bond donors (Lipinski definition) is 2. The number of benzene rings is 2. The zero-order chi connectivity index (χ0) is 14.5. The highest BCUT2D eigenvalue weighted by Crippen LogP contribution is 2.20. The maximum Gasteiger partial charge on any atom is 0.236 e. The average molecular weight is 270 g/mol. The first-order valence-corrected chi connectivity index (χ1v) is 7.14. The van der Waals surface area contributed by atoms with E-state index in [1.165, 1.54) is 16.3 Å². The van der Waals surface area contributed by atoms with Crippen LogP contribution in [0.5, 0.6) is 0 Å². The maximum absolute atomic E-state index is 11.7. The molecule has 2 rings (SSSR count). The lowest BCUT2D eigenvalue weighted by Crippen LogP contribution is -2.43. The van der Waals surface area contributed by atoms with Gasteiger partial charge in [-0.05, 0) is 43.2 Å². The van der Waals surface area contributed by atoms with Gasteiger partial charge in [-0.2, -0.15) is 0 Å². The molecule has 106 valence electrons. The number of fused-ring (bicyclic) bond motifs is 1. The van der Waals surface area contributed by atoms with Crippen LogP contribution < -0.4 is 10.6 Å². The Hall–Kier alpha value is -1.87. The van der Waals surface area contributed by atoms with Gasteiger partial charge in [-0.25, -0.2) is 0 Å². The minimum atomic E-state index is -0.198. The summed E-state index contributed by atoms with van der Waals surface area (Å²) in [6.07, 6.45) is 0. The minimum Gasteiger partial charge on any atom is -0.355 e. The average Bonchev–Trinajstić information content (AvgIpc) is 2.46. The molecule has 2 atom stereocenters. The van der Waals surface area contributed by atoms with Gasteiger partial charge in [0, 0.05) is 12.6 Å². The second-order valence-corrected chi connectivity index (χ2v) is 5.11. The monoisotopic (exact) mass is 270 g/mol. The van der Waals surface area contributed by atoms with Gasteiger partial charge in [0.1, 0.15) is 0 Å². The van der Waals surface area contributed by atoms with E-state index in [4.69, 9.17) is 0 Å². The first kappa shape index (κ1) is 14.5. The van der Waals surface area contributed by atoms with Gasteiger partial charge in [0.05, 0.1) is 6.04 Å². The highest BCUT2D eigenvalue weighted by Gasteiger charge is 2.15. The molecule has 2 N–H and O–H groups in total. The zero-order valence-corrected chi connectivity index (χ0v) is 12.3. The van der Waals surface area contributed by atoms with E-state index in [9.17, 15) is 4.79 Å². The van der Waals surface area contributed by atoms with Crippen LogP contribution in [0, 0.1) is 0 Å². The number of amides is 1. The highest BCUT2D eigenvalue weighted by atomic mass is 16.2. The van der Waals surface area contributed by atoms with Gasteiger partial charge in [0.2, 0.25) is 5.91 Å². The Morgan fingerprint density at radius 3 is 2.50 bits per heavy atom. The normalized spacial score (nSPS) is 13.9. The van der Waals surface area contributed by atoms with Crippen molar-refractivity contribution in [1.82, 2.24) is 10.6 Å². The Morgan fingerprint density at radius 2 is 1.80 bits per heavy atom. The summed E-state index contributed by atoms with van der Waals surface area (Å²) in [6, 6.07) is 14.7. The standard InChI is InChI=1S/C17H22N2O/c1-4-18-17(20)13(3)19-12(2)15-10-9-14-7-5-6-8-16(14)11-15/h5-13,19H,4H2,1-3H3,(H,18,20). The maximum atomic E-state index is 11.7. The summed E-state index contributed by atoms with van der Waals surface area (Å²) < 4.78 is 0. The van der Waals surface area contributed by atoms with E-state index in [0.717, 1.165) is 0 Å². The molecule has 20 heavy (non-hydrogen) atoms. The van der Waals surface area contributed by atoms with Crippen molar-refractivity contribution in [3.63, 3.8) is 0 Å². The largest absolute Gasteiger partial charge is 0.355 e. The molecule has 0 saturated heterocycles. The predicted octanol–water partition coefficient (Wildman–Crippen LogP) is 3.02. The molecule has 0 fully saturated rings. The summed E-state index contributed by atoms with van der Waals surface area (Å²) in [5, 5.41) is 8.63. The fourth-order valence-corrected chi connectivity index (χ4v) is 2.35. The second kappa shape index (κ2) is 6.53. The summed E-state index contributed by atoms with van der Waals surface area (Å²) >= 11 is 0. The molecular formula is C17H22N2O. The van der Waals surface area contributed by atoms with Crippen LogP contribution in [0.2, 0.25) is 0 Å². The van der Waals surface area contributed by atoms with E-state index in [-0.39, 0.29) is 18.0 Å². The van der Waals surface area contributed by atoms with Gasteiger partial charge in [-0.1, -0.05) is 36.4 Å². The number of carbonyl (C=O) groups is 1. The van der Waals surface area contributed by atoms with E-state index in [1.807, 2.05) is 26.0 Å². The topological polar surface area (TPSA) is 41.1 Å². The third-order valence-electron chi connectivity index (χ3n) is 3.52. The molecule has 3 heteroatoms. The van der Waals surface area contributed by atoms with Crippen molar-refractivity contribution < 1.29 is 4.79 Å². The number of carbonyl (C=O) groups excluding carboxylic acids is 1. The zero-order valence-electron chi connectivity index (χ0n) is 12.3. The lowest BCUT2D eigenvalue weighted by molar-refractivity contribution is -0.122. The first-order chi connectivity index (χ1) is 9.61. The fraction of sp³-hybridized carbons (Fsp3) is 0.353. The Kier molecular flexibility index (Phi) is 4.74. The third-order valence-corrected chi connectivity index (χ3v) is 3.52. The molecule has 0 aliphatic carbocycles. The van der Waals surface area contributed by atoms with E-state index < -0.39 is 0 Å². The SMILES string of the molecule is CCNC(=O)C(C)NC(C)c1ccc2ccccc2c1. The first-order valence-electron chi connectivity index (χ1n) is 7.14. The molecule has 0 heterocycles. The van der Waals surface area contributed by atoms with E-state index in [2.05, 4.69) is 47.9 Å². The Morgan fingerprint density at radius 1 is 1.10 bits per heavy atom. The number of hydrogen-bond acceptors (Lipinski definition) is 2. The summed E-state index contributed by atoms with van der Waals surface area (Å²) in [7, 11) is 0. The predicted molar refractivity (Wildman–Crippen MR) is 83.6 cm³/mol. The molecule has 2 aromatic carbocycles. The summed E-state index contributed by atoms with van der Waals surface area (Å²) in [4.78, 5) is 11.7. The van der Waals surface area contributed by atoms with E-state index >= 15 is 0 Å². The fourth-order valence-electron chi connectivity index (χ4n) is 2.35. The molecule has 0 radical (unpaired) electrons. The Bertz CT molecular complexity index is 594. The molecular weight excluding hydrogens is 248 g/mol. The van der Waals surface area contributed by atoms with Gasteiger partial charge in [-0.15, -0.1) is 0 Å². The Labute approximate surface area is 120 Å². The van der Waals surface area contributed by atoms with Crippen molar-refractivity contribution in [2.24, 2.45) is 0 Å². The van der Waals surface area contributed by atoms with Crippen molar-refractivity contribution in [3.8, 4) is 0 Å². The molecule has 2 aromatic rings. The van der Waals surface area contributed by atoms with Crippen LogP contribution in [0.25, 0.3) is 10.8 Å². The lowest BCUT2D eigenvalue weighted by atomic mass is 10.0. The van der Waals surface area contributed by atoms with Crippen molar-refractivity contribution in [2.75, 3.05) is 6.54 Å². The molecule has 0 aliphatic rings. The summed E-state index contributed by atoms with van der Waals surface area (Å²) in [6.45, 7) is 6.56. The quantitative estimate of drug-likeness (QED) is 0.877. The minimum absolute atomic E-state index is 0.0418. The molecule has 0 bridgehead atoms. The number of rotatable bonds is 5. The molecule has 1 amide bonds. The highest BCUT2D eigenvalue weighted by molar-refractivity contribution is 5.83. The van der Waals surface area contributed by atoms with Crippen LogP contribution in [0.4, 0.5) is 0 Å². The van der Waals surface area contributed by atoms with Crippen molar-refractivity contribution in [3.05, 3.63) is 48.0 Å². The molecule has 0 aromatic heterocycles. The lowest BCUT2D eigenvalue weighted by Gasteiger charge is -2.20. The summed E-state index contributed by atoms with van der Waals surface area (Å²) in [5.74, 6) is 0.0418. The number of likely N-dealkylation sites (N-methyl/N-ethyl adjacent to an activating group) is 1. The van der Waals surface area contributed by atoms with Crippen LogP contribution in [-0.4, -0.2) is 18.5 Å². The van der Waals surface area contributed by atoms with Crippen LogP contribution in [0.3, 0.4) is 0 Å². The van der Waals surface area contributed by atoms with Crippen molar-refractivity contribution in [1.29, 1.82) is 0 Å². The number of nitrogens with one attached hydrogen (secondary N) is 2. The summed E-state index contributed by atoms with van der Waals surface area (Å²) in [5.41, 5.74) is 1.19. The van der Waals surface area contributed by atoms with Gasteiger partial charge in [-0.3, -0.25) is 10.1 Å². The van der Waals surface area contributed by atoms with Crippen molar-refractivity contribution >= 4 is 16.7 Å². The van der Waals surface area contributed by atoms with Gasteiger partial charge < -0.3 is 5.32 Å². The van der Waals surface area contributed by atoms with Gasteiger partial charge in [0.25, 0.3) is 0 Å². The molecule has 2 unspecified atom stereocenters. The Balaban J connectivity index is 2.10. The second-order valence-electron chi connectivity index (χ2n) is 5.11. The van der Waals surface area contributed by atoms with Gasteiger partial charge in [0.15, 0.2) is 0 Å². The van der Waals surface area contributed by atoms with Crippen LogP contribution in [0.15, 0.2) is 42.5 Å². The van der Waals surface area contributed by atoms with Crippen molar-refractivity contribution in [2.45, 2.75) is 32.9 Å². The van der Waals surface area contributed by atoms with E-state index in [0.29, 0.717) is 6.54 Å². The molecule has 0 aliphatic heterocycles. The van der Waals surface area contributed by atoms with Crippen LogP contribution in [0.1, 0.15) is 32.4 Å². The molecule has 3 nitrogen and oxygen atoms in total. The third kappa shape index (κ3) is 3.36. The molecule has 0 saturated carbocycles.